The van der Waals surface area contributed by atoms with Crippen LogP contribution in [0.5, 0.6) is 5.75 Å². The van der Waals surface area contributed by atoms with E-state index in [-0.39, 0.29) is 12.0 Å². The number of hydrogen-bond donors (Lipinski definition) is 0. The quantitative estimate of drug-likeness (QED) is 0.668. The SMILES string of the molecule is COC(=O)[C@H]1CCCCN1C(=O)c1ccccc1OC1CCN(S(C)(=O)=O)CC1. The highest BCUT2D eigenvalue weighted by atomic mass is 32.2. The molecule has 2 fully saturated rings. The van der Waals surface area contributed by atoms with Crippen molar-refractivity contribution in [1.82, 2.24) is 9.21 Å². The highest BCUT2D eigenvalue weighted by Crippen LogP contribution is 2.28. The van der Waals surface area contributed by atoms with E-state index in [2.05, 4.69) is 0 Å². The first-order valence-corrected chi connectivity index (χ1v) is 11.8. The molecule has 2 aliphatic rings. The van der Waals surface area contributed by atoms with Crippen molar-refractivity contribution in [2.45, 2.75) is 44.2 Å². The maximum Gasteiger partial charge on any atom is 0.328 e. The van der Waals surface area contributed by atoms with Crippen LogP contribution in [0.15, 0.2) is 24.3 Å². The van der Waals surface area contributed by atoms with Gasteiger partial charge in [0.2, 0.25) is 10.0 Å². The second-order valence-electron chi connectivity index (χ2n) is 7.51. The van der Waals surface area contributed by atoms with Gasteiger partial charge in [-0.3, -0.25) is 4.79 Å². The van der Waals surface area contributed by atoms with E-state index in [1.165, 1.54) is 17.7 Å². The molecule has 3 rings (SSSR count). The maximum atomic E-state index is 13.2. The highest BCUT2D eigenvalue weighted by molar-refractivity contribution is 7.88. The molecule has 2 saturated heterocycles. The molecule has 0 unspecified atom stereocenters. The van der Waals surface area contributed by atoms with E-state index in [0.717, 1.165) is 12.8 Å². The molecule has 2 aliphatic heterocycles. The fraction of sp³-hybridized carbons (Fsp3) is 0.600. The third-order valence-corrected chi connectivity index (χ3v) is 6.82. The molecule has 1 atom stereocenters. The molecule has 8 nitrogen and oxygen atoms in total. The molecule has 1 amide bonds. The average Bonchev–Trinajstić information content (AvgIpc) is 2.73. The molecular weight excluding hydrogens is 396 g/mol. The number of likely N-dealkylation sites (tertiary alicyclic amines) is 1. The first-order chi connectivity index (χ1) is 13.8. The van der Waals surface area contributed by atoms with Gasteiger partial charge in [0, 0.05) is 19.6 Å². The van der Waals surface area contributed by atoms with Crippen molar-refractivity contribution in [3.63, 3.8) is 0 Å². The number of methoxy groups -OCH3 is 1. The lowest BCUT2D eigenvalue weighted by Gasteiger charge is -2.34. The van der Waals surface area contributed by atoms with Gasteiger partial charge in [0.25, 0.3) is 5.91 Å². The standard InChI is InChI=1S/C20H28N2O6S/c1-27-20(24)17-8-5-6-12-22(17)19(23)16-7-3-4-9-18(16)28-15-10-13-21(14-11-15)29(2,25)26/h3-4,7,9,15,17H,5-6,8,10-14H2,1-2H3/t17-/m1/s1. The molecule has 1 aromatic carbocycles. The smallest absolute Gasteiger partial charge is 0.328 e. The van der Waals surface area contributed by atoms with Gasteiger partial charge in [0.15, 0.2) is 0 Å². The molecule has 0 aliphatic carbocycles. The number of ether oxygens (including phenoxy) is 2. The van der Waals surface area contributed by atoms with Crippen molar-refractivity contribution in [3.05, 3.63) is 29.8 Å². The topological polar surface area (TPSA) is 93.2 Å². The first-order valence-electron chi connectivity index (χ1n) is 9.91. The lowest BCUT2D eigenvalue weighted by atomic mass is 10.0. The van der Waals surface area contributed by atoms with E-state index >= 15 is 0 Å². The Morgan fingerprint density at radius 1 is 1.03 bits per heavy atom. The van der Waals surface area contributed by atoms with E-state index in [1.807, 2.05) is 0 Å². The molecule has 2 heterocycles. The van der Waals surface area contributed by atoms with Gasteiger partial charge >= 0.3 is 5.97 Å². The molecule has 0 aromatic heterocycles. The predicted octanol–water partition coefficient (Wildman–Crippen LogP) is 1.66. The number of carbonyl (C=O) groups excluding carboxylic acids is 2. The fourth-order valence-electron chi connectivity index (χ4n) is 3.92. The Hall–Kier alpha value is -2.13. The summed E-state index contributed by atoms with van der Waals surface area (Å²) in [6.07, 6.45) is 4.46. The summed E-state index contributed by atoms with van der Waals surface area (Å²) in [7, 11) is -1.87. The van der Waals surface area contributed by atoms with Gasteiger partial charge < -0.3 is 14.4 Å². The van der Waals surface area contributed by atoms with Gasteiger partial charge in [0.05, 0.1) is 18.9 Å². The number of sulfonamides is 1. The minimum absolute atomic E-state index is 0.167. The van der Waals surface area contributed by atoms with E-state index in [9.17, 15) is 18.0 Å². The summed E-state index contributed by atoms with van der Waals surface area (Å²) in [4.78, 5) is 26.9. The number of amides is 1. The van der Waals surface area contributed by atoms with Crippen LogP contribution in [0.25, 0.3) is 0 Å². The number of esters is 1. The Morgan fingerprint density at radius 2 is 1.72 bits per heavy atom. The van der Waals surface area contributed by atoms with Crippen LogP contribution < -0.4 is 4.74 Å². The summed E-state index contributed by atoms with van der Waals surface area (Å²) >= 11 is 0. The maximum absolute atomic E-state index is 13.2. The van der Waals surface area contributed by atoms with Crippen LogP contribution in [0.3, 0.4) is 0 Å². The minimum Gasteiger partial charge on any atom is -0.489 e. The number of benzene rings is 1. The lowest BCUT2D eigenvalue weighted by Crippen LogP contribution is -2.48. The summed E-state index contributed by atoms with van der Waals surface area (Å²) in [6.45, 7) is 1.30. The van der Waals surface area contributed by atoms with E-state index in [0.29, 0.717) is 50.2 Å². The number of piperidine rings is 2. The van der Waals surface area contributed by atoms with Gasteiger partial charge in [0.1, 0.15) is 17.9 Å². The van der Waals surface area contributed by atoms with Crippen LogP contribution >= 0.6 is 0 Å². The van der Waals surface area contributed by atoms with E-state index in [1.54, 1.807) is 29.2 Å². The minimum atomic E-state index is -3.20. The average molecular weight is 425 g/mol. The number of para-hydroxylation sites is 1. The van der Waals surface area contributed by atoms with Gasteiger partial charge in [-0.15, -0.1) is 0 Å². The second-order valence-corrected chi connectivity index (χ2v) is 9.49. The number of carbonyl (C=O) groups is 2. The lowest BCUT2D eigenvalue weighted by molar-refractivity contribution is -0.147. The molecule has 0 N–H and O–H groups in total. The Labute approximate surface area is 171 Å². The number of hydrogen-bond acceptors (Lipinski definition) is 6. The molecule has 0 radical (unpaired) electrons. The Balaban J connectivity index is 1.73. The van der Waals surface area contributed by atoms with Gasteiger partial charge in [-0.2, -0.15) is 0 Å². The van der Waals surface area contributed by atoms with Crippen LogP contribution in [-0.4, -0.2) is 74.6 Å². The van der Waals surface area contributed by atoms with E-state index in [4.69, 9.17) is 9.47 Å². The third kappa shape index (κ3) is 5.08. The molecule has 160 valence electrons. The highest BCUT2D eigenvalue weighted by Gasteiger charge is 2.35. The van der Waals surface area contributed by atoms with Crippen molar-refractivity contribution in [1.29, 1.82) is 0 Å². The summed E-state index contributed by atoms with van der Waals surface area (Å²) in [5.41, 5.74) is 0.411. The van der Waals surface area contributed by atoms with Crippen LogP contribution in [-0.2, 0) is 19.6 Å². The van der Waals surface area contributed by atoms with Crippen LogP contribution in [0.4, 0.5) is 0 Å². The molecule has 29 heavy (non-hydrogen) atoms. The number of rotatable bonds is 5. The van der Waals surface area contributed by atoms with E-state index < -0.39 is 22.0 Å². The molecule has 0 spiro atoms. The molecule has 1 aromatic rings. The summed E-state index contributed by atoms with van der Waals surface area (Å²) in [5, 5.41) is 0. The zero-order valence-electron chi connectivity index (χ0n) is 16.9. The molecular formula is C20H28N2O6S. The van der Waals surface area contributed by atoms with Crippen LogP contribution in [0.1, 0.15) is 42.5 Å². The summed E-state index contributed by atoms with van der Waals surface area (Å²) in [6, 6.07) is 6.43. The van der Waals surface area contributed by atoms with Crippen molar-refractivity contribution < 1.29 is 27.5 Å². The summed E-state index contributed by atoms with van der Waals surface area (Å²) < 4.78 is 35.8. The molecule has 0 saturated carbocycles. The van der Waals surface area contributed by atoms with Gasteiger partial charge in [-0.1, -0.05) is 12.1 Å². The van der Waals surface area contributed by atoms with Gasteiger partial charge in [-0.05, 0) is 44.2 Å². The van der Waals surface area contributed by atoms with Crippen molar-refractivity contribution >= 4 is 21.9 Å². The second kappa shape index (κ2) is 9.13. The van der Waals surface area contributed by atoms with Crippen molar-refractivity contribution in [2.75, 3.05) is 33.0 Å². The van der Waals surface area contributed by atoms with Crippen LogP contribution in [0.2, 0.25) is 0 Å². The Bertz CT molecular complexity index is 848. The van der Waals surface area contributed by atoms with Crippen LogP contribution in [0, 0.1) is 0 Å². The zero-order chi connectivity index (χ0) is 21.0. The monoisotopic (exact) mass is 424 g/mol. The fourth-order valence-corrected chi connectivity index (χ4v) is 4.79. The Kier molecular flexibility index (Phi) is 6.79. The van der Waals surface area contributed by atoms with Crippen molar-refractivity contribution in [2.24, 2.45) is 0 Å². The summed E-state index contributed by atoms with van der Waals surface area (Å²) in [5.74, 6) is -0.182. The number of nitrogens with zero attached hydrogens (tertiary/aromatic N) is 2. The predicted molar refractivity (Wildman–Crippen MR) is 107 cm³/mol. The molecule has 0 bridgehead atoms. The Morgan fingerprint density at radius 3 is 2.38 bits per heavy atom. The molecule has 9 heteroatoms. The third-order valence-electron chi connectivity index (χ3n) is 5.52. The first kappa shape index (κ1) is 21.6. The van der Waals surface area contributed by atoms with Crippen molar-refractivity contribution in [3.8, 4) is 5.75 Å². The zero-order valence-corrected chi connectivity index (χ0v) is 17.7. The van der Waals surface area contributed by atoms with Gasteiger partial charge in [-0.25, -0.2) is 17.5 Å². The largest absolute Gasteiger partial charge is 0.489 e. The normalized spacial score (nSPS) is 21.6.